The summed E-state index contributed by atoms with van der Waals surface area (Å²) in [6.45, 7) is 11.8. The quantitative estimate of drug-likeness (QED) is 0.0399. The van der Waals surface area contributed by atoms with Crippen molar-refractivity contribution >= 4 is 98.5 Å². The Morgan fingerprint density at radius 3 is 1.34 bits per heavy atom. The van der Waals surface area contributed by atoms with Crippen LogP contribution < -0.4 is 31.3 Å². The predicted molar refractivity (Wildman–Crippen MR) is 333 cm³/mol. The Morgan fingerprint density at radius 2 is 0.976 bits per heavy atom. The number of para-hydroxylation sites is 2. The third-order valence-electron chi connectivity index (χ3n) is 14.7. The van der Waals surface area contributed by atoms with Crippen LogP contribution in [0.4, 0.5) is 21.6 Å². The van der Waals surface area contributed by atoms with Gasteiger partial charge in [-0.1, -0.05) is 222 Å². The Labute approximate surface area is 488 Å². The molecule has 4 unspecified atom stereocenters. The van der Waals surface area contributed by atoms with Crippen molar-refractivity contribution in [1.29, 1.82) is 0 Å². The van der Waals surface area contributed by atoms with E-state index in [0.717, 1.165) is 90.6 Å². The Kier molecular flexibility index (Phi) is 20.3. The van der Waals surface area contributed by atoms with E-state index in [-0.39, 0.29) is 18.3 Å². The van der Waals surface area contributed by atoms with Gasteiger partial charge in [-0.25, -0.2) is 9.97 Å². The molecule has 0 spiro atoms. The molecule has 0 aliphatic carbocycles. The van der Waals surface area contributed by atoms with Crippen LogP contribution in [0.1, 0.15) is 114 Å². The molecule has 2 aliphatic rings. The standard InChI is InChI=1S/2C21H17N5S.C20H38O7S/c2*1-15-11-13-17(14-12-15)25-23-20(16-7-3-2-4-8-16)24-26(25)21-22-18-9-5-6-10-19(18)27-21;1-5-9-11-15(7-3)13-17(18(21)22)20(19(23)24,28(25,26)27)14-16(8-4)12-10-6-2/h2*2-14H,1H3,(H,23,24);15-17H,5-14H2,1-4H3,(H,21,22)(H,23,24)(H,25,26,27). The average molecular weight is 1170 g/mol. The number of anilines is 4. The van der Waals surface area contributed by atoms with Crippen molar-refractivity contribution in [2.45, 2.75) is 110 Å². The molecule has 0 fully saturated rings. The van der Waals surface area contributed by atoms with Crippen LogP contribution in [0.15, 0.2) is 168 Å². The number of carboxylic acids is 2. The lowest BCUT2D eigenvalue weighted by Gasteiger charge is -2.36. The van der Waals surface area contributed by atoms with Gasteiger partial charge in [-0.2, -0.15) is 18.7 Å². The van der Waals surface area contributed by atoms with Crippen molar-refractivity contribution in [2.75, 3.05) is 20.5 Å². The molecular weight excluding hydrogens is 1090 g/mol. The predicted octanol–water partition coefficient (Wildman–Crippen LogP) is 14.0. The topological polar surface area (TPSA) is 216 Å². The van der Waals surface area contributed by atoms with E-state index in [9.17, 15) is 32.8 Å². The number of hydrazone groups is 2. The van der Waals surface area contributed by atoms with Gasteiger partial charge in [-0.15, -0.1) is 20.4 Å². The van der Waals surface area contributed by atoms with Crippen LogP contribution in [0.5, 0.6) is 0 Å². The first-order chi connectivity index (χ1) is 39.6. The number of hydrazine groups is 4. The van der Waals surface area contributed by atoms with Gasteiger partial charge in [0.05, 0.1) is 37.7 Å². The van der Waals surface area contributed by atoms with Crippen molar-refractivity contribution in [1.82, 2.24) is 20.8 Å². The molecule has 2 aromatic heterocycles. The highest BCUT2D eigenvalue weighted by atomic mass is 32.2. The van der Waals surface area contributed by atoms with Crippen LogP contribution in [0, 0.1) is 31.6 Å². The number of thiazole rings is 2. The fraction of sp³-hybridized carbons (Fsp3) is 0.323. The number of nitrogens with zero attached hydrogens (tertiary/aromatic N) is 8. The highest BCUT2D eigenvalue weighted by Gasteiger charge is 2.60. The zero-order valence-electron chi connectivity index (χ0n) is 47.1. The van der Waals surface area contributed by atoms with Gasteiger partial charge in [0.25, 0.3) is 10.1 Å². The number of amidine groups is 2. The van der Waals surface area contributed by atoms with Crippen molar-refractivity contribution in [3.05, 3.63) is 180 Å². The van der Waals surface area contributed by atoms with Crippen molar-refractivity contribution < 1.29 is 32.8 Å². The van der Waals surface area contributed by atoms with Crippen LogP contribution in [0.2, 0.25) is 0 Å². The first-order valence-corrected chi connectivity index (χ1v) is 30.9. The Hall–Kier alpha value is -7.91. The molecule has 5 N–H and O–H groups in total. The van der Waals surface area contributed by atoms with Gasteiger partial charge >= 0.3 is 11.9 Å². The summed E-state index contributed by atoms with van der Waals surface area (Å²) >= 11 is 3.24. The molecule has 6 aromatic carbocycles. The van der Waals surface area contributed by atoms with Crippen LogP contribution in [0.3, 0.4) is 0 Å². The number of aromatic nitrogens is 2. The summed E-state index contributed by atoms with van der Waals surface area (Å²) in [4.78, 5) is 33.8. The van der Waals surface area contributed by atoms with Gasteiger partial charge < -0.3 is 10.2 Å². The third kappa shape index (κ3) is 14.2. The smallest absolute Gasteiger partial charge is 0.328 e. The average Bonchev–Trinajstić information content (AvgIpc) is 4.38. The molecular formula is C62H72N10O7S3. The van der Waals surface area contributed by atoms with Crippen LogP contribution in [0.25, 0.3) is 20.4 Å². The molecule has 82 heavy (non-hydrogen) atoms. The minimum absolute atomic E-state index is 0.0812. The number of aryl methyl sites for hydroxylation is 2. The minimum atomic E-state index is -5.15. The number of fused-ring (bicyclic) bond motifs is 2. The molecule has 0 radical (unpaired) electrons. The summed E-state index contributed by atoms with van der Waals surface area (Å²) < 4.78 is 34.2. The summed E-state index contributed by atoms with van der Waals surface area (Å²) in [6, 6.07) is 53.2. The van der Waals surface area contributed by atoms with Gasteiger partial charge in [0.1, 0.15) is 0 Å². The molecule has 2 aliphatic heterocycles. The molecule has 10 rings (SSSR count). The largest absolute Gasteiger partial charge is 0.481 e. The van der Waals surface area contributed by atoms with Crippen molar-refractivity contribution in [3.63, 3.8) is 0 Å². The second kappa shape index (κ2) is 27.7. The van der Waals surface area contributed by atoms with Crippen LogP contribution >= 0.6 is 22.7 Å². The molecule has 4 heterocycles. The van der Waals surface area contributed by atoms with Gasteiger partial charge in [0, 0.05) is 11.1 Å². The van der Waals surface area contributed by atoms with E-state index >= 15 is 0 Å². The highest BCUT2D eigenvalue weighted by molar-refractivity contribution is 7.88. The van der Waals surface area contributed by atoms with E-state index in [4.69, 9.17) is 20.2 Å². The number of benzene rings is 6. The summed E-state index contributed by atoms with van der Waals surface area (Å²) in [7, 11) is -5.15. The molecule has 17 nitrogen and oxygen atoms in total. The Morgan fingerprint density at radius 1 is 0.573 bits per heavy atom. The van der Waals surface area contributed by atoms with Gasteiger partial charge in [-0.3, -0.25) is 25.0 Å². The van der Waals surface area contributed by atoms with Gasteiger partial charge in [-0.05, 0) is 87.1 Å². The fourth-order valence-electron chi connectivity index (χ4n) is 9.87. The lowest BCUT2D eigenvalue weighted by Crippen LogP contribution is -2.56. The number of rotatable bonds is 22. The minimum Gasteiger partial charge on any atom is -0.481 e. The van der Waals surface area contributed by atoms with E-state index in [0.29, 0.717) is 25.7 Å². The Balaban J connectivity index is 0.000000161. The number of nitrogens with one attached hydrogen (secondary N) is 2. The van der Waals surface area contributed by atoms with Crippen molar-refractivity contribution in [2.24, 2.45) is 28.0 Å². The van der Waals surface area contributed by atoms with Gasteiger partial charge in [0.15, 0.2) is 11.7 Å². The Bertz CT molecular complexity index is 3320. The fourth-order valence-corrected chi connectivity index (χ4v) is 12.9. The maximum absolute atomic E-state index is 12.4. The van der Waals surface area contributed by atoms with E-state index in [1.165, 1.54) is 11.1 Å². The van der Waals surface area contributed by atoms with E-state index < -0.39 is 39.1 Å². The maximum atomic E-state index is 12.4. The third-order valence-corrected chi connectivity index (χ3v) is 18.2. The number of hydrogen-bond acceptors (Lipinski definition) is 16. The van der Waals surface area contributed by atoms with Crippen molar-refractivity contribution in [3.8, 4) is 0 Å². The molecule has 20 heteroatoms. The second-order valence-corrected chi connectivity index (χ2v) is 24.2. The zero-order valence-corrected chi connectivity index (χ0v) is 49.5. The molecule has 0 amide bonds. The first kappa shape index (κ1) is 60.2. The monoisotopic (exact) mass is 1160 g/mol. The zero-order chi connectivity index (χ0) is 58.4. The normalized spacial score (nSPS) is 15.0. The highest BCUT2D eigenvalue weighted by Crippen LogP contribution is 2.42. The number of carboxylic acid groups (broad SMARTS) is 2. The lowest BCUT2D eigenvalue weighted by molar-refractivity contribution is -0.153. The molecule has 0 saturated carbocycles. The SMILES string of the molecule is CCCCC(CC)CC(C(=O)O)C(CC(CC)CCCC)(C(=O)O)S(=O)(=O)O.Cc1ccc(N2NC(c3ccccc3)=NN2c2nc3ccccc3s2)cc1.Cc1ccc(N2NC(c3ccccc3)=NN2c2nc3ccccc3s2)cc1. The number of unbranched alkanes of at least 4 members (excludes halogenated alkanes) is 2. The molecule has 0 saturated heterocycles. The van der Waals surface area contributed by atoms with Crippen LogP contribution in [-0.4, -0.2) is 61.5 Å². The van der Waals surface area contributed by atoms with E-state index in [1.807, 2.05) is 145 Å². The number of aliphatic carboxylic acids is 2. The summed E-state index contributed by atoms with van der Waals surface area (Å²) in [5, 5.41) is 38.5. The summed E-state index contributed by atoms with van der Waals surface area (Å²) in [5.74, 6) is -3.79. The van der Waals surface area contributed by atoms with Crippen LogP contribution in [-0.2, 0) is 19.7 Å². The molecule has 4 atom stereocenters. The molecule has 8 aromatic rings. The maximum Gasteiger partial charge on any atom is 0.328 e. The summed E-state index contributed by atoms with van der Waals surface area (Å²) in [5.41, 5.74) is 15.3. The first-order valence-electron chi connectivity index (χ1n) is 27.9. The van der Waals surface area contributed by atoms with E-state index in [2.05, 4.69) is 85.4 Å². The van der Waals surface area contributed by atoms with E-state index in [1.54, 1.807) is 22.7 Å². The second-order valence-electron chi connectivity index (χ2n) is 20.5. The number of hydrogen-bond donors (Lipinski definition) is 5. The summed E-state index contributed by atoms with van der Waals surface area (Å²) in [6.07, 6.45) is 5.37. The molecule has 430 valence electrons. The molecule has 0 bridgehead atoms. The lowest BCUT2D eigenvalue weighted by atomic mass is 9.76. The van der Waals surface area contributed by atoms with Gasteiger partial charge in [0.2, 0.25) is 15.0 Å². The number of carbonyl (C=O) groups is 2.